The number of carbonyl (C=O) groups excluding carboxylic acids is 1. The van der Waals surface area contributed by atoms with Crippen molar-refractivity contribution in [1.29, 1.82) is 0 Å². The van der Waals surface area contributed by atoms with Gasteiger partial charge >= 0.3 is 0 Å². The van der Waals surface area contributed by atoms with E-state index in [4.69, 9.17) is 9.47 Å². The van der Waals surface area contributed by atoms with E-state index in [0.29, 0.717) is 31.7 Å². The Morgan fingerprint density at radius 2 is 2.14 bits per heavy atom. The van der Waals surface area contributed by atoms with Crippen molar-refractivity contribution < 1.29 is 19.4 Å². The Bertz CT molecular complexity index is 1010. The lowest BCUT2D eigenvalue weighted by atomic mass is 10.0. The van der Waals surface area contributed by atoms with Crippen molar-refractivity contribution in [3.05, 3.63) is 59.4 Å². The molecule has 3 aromatic rings. The van der Waals surface area contributed by atoms with Crippen LogP contribution >= 0.6 is 0 Å². The molecule has 1 amide bonds. The first-order valence-electron chi connectivity index (χ1n) is 9.69. The molecule has 0 radical (unpaired) electrons. The van der Waals surface area contributed by atoms with E-state index in [9.17, 15) is 9.90 Å². The number of hydrogen-bond acceptors (Lipinski definition) is 5. The Balaban J connectivity index is 1.64. The van der Waals surface area contributed by atoms with Gasteiger partial charge in [0, 0.05) is 19.9 Å². The molecule has 0 bridgehead atoms. The predicted molar refractivity (Wildman–Crippen MR) is 109 cm³/mol. The molecule has 2 unspecified atom stereocenters. The molecule has 2 aromatic heterocycles. The molecule has 1 saturated heterocycles. The van der Waals surface area contributed by atoms with Crippen molar-refractivity contribution in [3.63, 3.8) is 0 Å². The molecular weight excluding hydrogens is 370 g/mol. The minimum Gasteiger partial charge on any atom is -0.497 e. The molecule has 0 aliphatic carbocycles. The fraction of sp³-hybridized carbons (Fsp3) is 0.364. The maximum atomic E-state index is 12.8. The van der Waals surface area contributed by atoms with Crippen LogP contribution in [0.15, 0.2) is 42.6 Å². The number of pyridine rings is 1. The minimum absolute atomic E-state index is 0.304. The number of aromatic nitrogens is 2. The molecule has 152 valence electrons. The number of nitrogens with zero attached hydrogens (tertiary/aromatic N) is 2. The first-order chi connectivity index (χ1) is 14.0. The van der Waals surface area contributed by atoms with Gasteiger partial charge in [-0.1, -0.05) is 12.1 Å². The summed E-state index contributed by atoms with van der Waals surface area (Å²) in [6, 6.07) is 11.2. The van der Waals surface area contributed by atoms with Crippen molar-refractivity contribution in [1.82, 2.24) is 14.9 Å². The second-order valence-electron chi connectivity index (χ2n) is 7.36. The lowest BCUT2D eigenvalue weighted by Crippen LogP contribution is -2.49. The fourth-order valence-electron chi connectivity index (χ4n) is 3.71. The number of aryl methyl sites for hydroxylation is 1. The molecule has 0 saturated carbocycles. The fourth-order valence-corrected chi connectivity index (χ4v) is 3.71. The van der Waals surface area contributed by atoms with Crippen LogP contribution in [0.5, 0.6) is 5.75 Å². The van der Waals surface area contributed by atoms with Crippen molar-refractivity contribution >= 4 is 16.9 Å². The van der Waals surface area contributed by atoms with E-state index in [1.165, 1.54) is 0 Å². The van der Waals surface area contributed by atoms with Gasteiger partial charge in [0.2, 0.25) is 0 Å². The summed E-state index contributed by atoms with van der Waals surface area (Å²) in [5.41, 5.74) is 4.23. The van der Waals surface area contributed by atoms with Crippen LogP contribution in [0.4, 0.5) is 0 Å². The highest BCUT2D eigenvalue weighted by molar-refractivity contribution is 5.95. The number of fused-ring (bicyclic) bond motifs is 1. The second kappa shape index (κ2) is 8.23. The molecule has 1 aromatic carbocycles. The quantitative estimate of drug-likeness (QED) is 0.691. The van der Waals surface area contributed by atoms with Crippen LogP contribution in [-0.4, -0.2) is 53.0 Å². The highest BCUT2D eigenvalue weighted by Gasteiger charge is 2.26. The number of benzene rings is 1. The zero-order valence-corrected chi connectivity index (χ0v) is 16.6. The van der Waals surface area contributed by atoms with Crippen LogP contribution in [0.3, 0.4) is 0 Å². The SMILES string of the molecule is COc1ccc(Cc2cc(C(=O)NC3COCCC3O)nc3ccn(C)c23)cc1. The van der Waals surface area contributed by atoms with Gasteiger partial charge in [-0.3, -0.25) is 4.79 Å². The largest absolute Gasteiger partial charge is 0.497 e. The van der Waals surface area contributed by atoms with Crippen LogP contribution in [0.2, 0.25) is 0 Å². The maximum Gasteiger partial charge on any atom is 0.270 e. The molecule has 0 spiro atoms. The van der Waals surface area contributed by atoms with Crippen molar-refractivity contribution in [2.75, 3.05) is 20.3 Å². The number of rotatable bonds is 5. The van der Waals surface area contributed by atoms with E-state index in [0.717, 1.165) is 27.9 Å². The average molecular weight is 395 g/mol. The number of carbonyl (C=O) groups is 1. The zero-order chi connectivity index (χ0) is 20.4. The third-order valence-electron chi connectivity index (χ3n) is 5.33. The van der Waals surface area contributed by atoms with Crippen molar-refractivity contribution in [2.24, 2.45) is 7.05 Å². The van der Waals surface area contributed by atoms with Gasteiger partial charge in [-0.05, 0) is 48.2 Å². The van der Waals surface area contributed by atoms with Gasteiger partial charge in [0.25, 0.3) is 5.91 Å². The predicted octanol–water partition coefficient (Wildman–Crippen LogP) is 2.05. The number of nitrogens with one attached hydrogen (secondary N) is 1. The number of methoxy groups -OCH3 is 1. The summed E-state index contributed by atoms with van der Waals surface area (Å²) in [5, 5.41) is 13.0. The normalized spacial score (nSPS) is 19.3. The van der Waals surface area contributed by atoms with E-state index in [1.807, 2.05) is 54.2 Å². The molecule has 7 nitrogen and oxygen atoms in total. The lowest BCUT2D eigenvalue weighted by molar-refractivity contribution is -0.0140. The Labute approximate surface area is 169 Å². The molecule has 1 aliphatic heterocycles. The highest BCUT2D eigenvalue weighted by atomic mass is 16.5. The van der Waals surface area contributed by atoms with Gasteiger partial charge in [-0.15, -0.1) is 0 Å². The third-order valence-corrected chi connectivity index (χ3v) is 5.33. The summed E-state index contributed by atoms with van der Waals surface area (Å²) in [6.45, 7) is 0.812. The third kappa shape index (κ3) is 4.11. The zero-order valence-electron chi connectivity index (χ0n) is 16.6. The number of aliphatic hydroxyl groups is 1. The smallest absolute Gasteiger partial charge is 0.270 e. The highest BCUT2D eigenvalue weighted by Crippen LogP contribution is 2.23. The van der Waals surface area contributed by atoms with Gasteiger partial charge in [-0.2, -0.15) is 0 Å². The molecule has 1 fully saturated rings. The first-order valence-corrected chi connectivity index (χ1v) is 9.69. The van der Waals surface area contributed by atoms with Gasteiger partial charge in [0.15, 0.2) is 0 Å². The summed E-state index contributed by atoms with van der Waals surface area (Å²) in [7, 11) is 3.61. The number of amides is 1. The summed E-state index contributed by atoms with van der Waals surface area (Å²) in [4.78, 5) is 17.4. The summed E-state index contributed by atoms with van der Waals surface area (Å²) < 4.78 is 12.6. The summed E-state index contributed by atoms with van der Waals surface area (Å²) in [5.74, 6) is 0.502. The summed E-state index contributed by atoms with van der Waals surface area (Å²) in [6.07, 6.45) is 2.51. The monoisotopic (exact) mass is 395 g/mol. The van der Waals surface area contributed by atoms with Gasteiger partial charge in [0.1, 0.15) is 11.4 Å². The average Bonchev–Trinajstić information content (AvgIpc) is 3.11. The standard InChI is InChI=1S/C22H25N3O4/c1-25-9-7-17-21(25)15(11-14-3-5-16(28-2)6-4-14)12-18(23-17)22(27)24-19-13-29-10-8-20(19)26/h3-7,9,12,19-20,26H,8,10-11,13H2,1-2H3,(H,24,27). The molecular formula is C22H25N3O4. The van der Waals surface area contributed by atoms with Crippen LogP contribution in [0, 0.1) is 0 Å². The molecule has 2 atom stereocenters. The van der Waals surface area contributed by atoms with E-state index in [1.54, 1.807) is 7.11 Å². The van der Waals surface area contributed by atoms with Gasteiger partial charge in [-0.25, -0.2) is 4.98 Å². The molecule has 4 rings (SSSR count). The Morgan fingerprint density at radius 1 is 1.34 bits per heavy atom. The van der Waals surface area contributed by atoms with E-state index < -0.39 is 12.1 Å². The minimum atomic E-state index is -0.605. The van der Waals surface area contributed by atoms with Crippen LogP contribution in [0.25, 0.3) is 11.0 Å². The van der Waals surface area contributed by atoms with Crippen molar-refractivity contribution in [2.45, 2.75) is 25.0 Å². The van der Waals surface area contributed by atoms with E-state index in [-0.39, 0.29) is 5.91 Å². The molecule has 29 heavy (non-hydrogen) atoms. The maximum absolute atomic E-state index is 12.8. The summed E-state index contributed by atoms with van der Waals surface area (Å²) >= 11 is 0. The number of ether oxygens (including phenoxy) is 2. The Morgan fingerprint density at radius 3 is 2.86 bits per heavy atom. The number of hydrogen-bond donors (Lipinski definition) is 2. The van der Waals surface area contributed by atoms with Gasteiger partial charge < -0.3 is 24.5 Å². The Kier molecular flexibility index (Phi) is 5.51. The van der Waals surface area contributed by atoms with Crippen LogP contribution in [-0.2, 0) is 18.2 Å². The van der Waals surface area contributed by atoms with E-state index in [2.05, 4.69) is 10.3 Å². The topological polar surface area (TPSA) is 85.6 Å². The molecule has 3 heterocycles. The number of aliphatic hydroxyl groups excluding tert-OH is 1. The van der Waals surface area contributed by atoms with Crippen molar-refractivity contribution in [3.8, 4) is 5.75 Å². The van der Waals surface area contributed by atoms with Crippen LogP contribution in [0.1, 0.15) is 28.0 Å². The first kappa shape index (κ1) is 19.4. The van der Waals surface area contributed by atoms with Crippen LogP contribution < -0.4 is 10.1 Å². The van der Waals surface area contributed by atoms with Gasteiger partial charge in [0.05, 0.1) is 36.9 Å². The Hall–Kier alpha value is -2.90. The lowest BCUT2D eigenvalue weighted by Gasteiger charge is -2.28. The molecule has 2 N–H and O–H groups in total. The van der Waals surface area contributed by atoms with E-state index >= 15 is 0 Å². The second-order valence-corrected chi connectivity index (χ2v) is 7.36. The molecule has 7 heteroatoms. The molecule has 1 aliphatic rings.